The maximum absolute atomic E-state index is 15.5. The summed E-state index contributed by atoms with van der Waals surface area (Å²) in [7, 11) is 4.24. The molecule has 5 rings (SSSR count). The smallest absolute Gasteiger partial charge is 0.200 e. The zero-order chi connectivity index (χ0) is 38.3. The molecule has 0 aliphatic rings. The fourth-order valence-electron chi connectivity index (χ4n) is 5.77. The molecule has 0 aromatic heterocycles. The fourth-order valence-corrected chi connectivity index (χ4v) is 5.77. The van der Waals surface area contributed by atoms with Crippen LogP contribution in [-0.2, 0) is 0 Å². The van der Waals surface area contributed by atoms with Gasteiger partial charge in [0.15, 0.2) is 52.4 Å². The summed E-state index contributed by atoms with van der Waals surface area (Å²) in [5, 5.41) is 0. The van der Waals surface area contributed by atoms with E-state index in [1.54, 1.807) is 0 Å². The molecule has 1 N–H and O–H groups in total. The number of halogens is 15. The number of hydrogen-bond donors (Lipinski definition) is 1. The normalized spacial score (nSPS) is 11.5. The molecule has 5 aromatic carbocycles. The highest BCUT2D eigenvalue weighted by atomic mass is 19.2. The average molecular weight is 737 g/mol. The highest BCUT2D eigenvalue weighted by molar-refractivity contribution is 7.20. The Kier molecular flexibility index (Phi) is 11.0. The third kappa shape index (κ3) is 6.12. The van der Waals surface area contributed by atoms with Gasteiger partial charge >= 0.3 is 0 Å². The molecule has 0 aliphatic carbocycles. The van der Waals surface area contributed by atoms with Crippen LogP contribution in [0.2, 0.25) is 0 Å². The average Bonchev–Trinajstić information content (AvgIpc) is 3.13. The summed E-state index contributed by atoms with van der Waals surface area (Å²) in [6.07, 6.45) is -5.26. The number of quaternary nitrogens is 1. The van der Waals surface area contributed by atoms with Gasteiger partial charge in [-0.1, -0.05) is 60.7 Å². The van der Waals surface area contributed by atoms with Crippen LogP contribution in [0.15, 0.2) is 61.2 Å². The van der Waals surface area contributed by atoms with Crippen molar-refractivity contribution in [2.45, 2.75) is 0 Å². The van der Waals surface area contributed by atoms with Gasteiger partial charge in [0.05, 0.1) is 14.1 Å². The van der Waals surface area contributed by atoms with Crippen LogP contribution in [0.1, 0.15) is 5.56 Å². The molecule has 0 atom stereocenters. The van der Waals surface area contributed by atoms with Gasteiger partial charge in [-0.3, -0.25) is 0 Å². The molecule has 0 amide bonds. The Hall–Kier alpha value is -5.19. The van der Waals surface area contributed by atoms with Crippen molar-refractivity contribution < 1.29 is 70.8 Å². The summed E-state index contributed by atoms with van der Waals surface area (Å²) >= 11 is 0. The predicted octanol–water partition coefficient (Wildman–Crippen LogP) is 6.26. The van der Waals surface area contributed by atoms with Gasteiger partial charge in [0, 0.05) is 0 Å². The number of para-hydroxylation sites is 1. The molecule has 51 heavy (non-hydrogen) atoms. The lowest BCUT2D eigenvalue weighted by Gasteiger charge is -2.45. The first-order valence-electron chi connectivity index (χ1n) is 14.2. The predicted molar refractivity (Wildman–Crippen MR) is 158 cm³/mol. The van der Waals surface area contributed by atoms with Gasteiger partial charge in [0.1, 0.15) is 46.7 Å². The van der Waals surface area contributed by atoms with E-state index in [1.165, 1.54) is 10.6 Å². The first kappa shape index (κ1) is 38.6. The lowest BCUT2D eigenvalue weighted by Crippen LogP contribution is -3.00. The molecule has 0 bridgehead atoms. The Morgan fingerprint density at radius 3 is 0.961 bits per heavy atom. The number of benzene rings is 5. The summed E-state index contributed by atoms with van der Waals surface area (Å²) in [5.41, 5.74) is -9.00. The fraction of sp³-hybridized carbons (Fsp3) is 0.0588. The van der Waals surface area contributed by atoms with Crippen LogP contribution in [0.4, 0.5) is 71.5 Å². The van der Waals surface area contributed by atoms with Crippen LogP contribution in [-0.4, -0.2) is 20.2 Å². The molecule has 0 radical (unpaired) electrons. The van der Waals surface area contributed by atoms with E-state index < -0.39 is 121 Å². The monoisotopic (exact) mass is 737 g/mol. The van der Waals surface area contributed by atoms with Crippen molar-refractivity contribution >= 4 is 39.8 Å². The minimum absolute atomic E-state index is 0.394. The molecule has 0 fully saturated rings. The minimum Gasteiger partial charge on any atom is -0.307 e. The van der Waals surface area contributed by atoms with E-state index in [-0.39, 0.29) is 0 Å². The van der Waals surface area contributed by atoms with E-state index >= 15 is 26.3 Å². The van der Waals surface area contributed by atoms with E-state index in [4.69, 9.17) is 0 Å². The zero-order valence-corrected chi connectivity index (χ0v) is 25.7. The van der Waals surface area contributed by atoms with Gasteiger partial charge in [0.2, 0.25) is 0 Å². The second kappa shape index (κ2) is 14.6. The SMILES string of the molecule is C=Cc1ccccc1[B-](c1c(F)c(F)c(F)c(F)c1F)(c1c(F)c(F)c(F)c(F)c1F)c1c(F)c(F)c(F)c(F)c1F.C[NH+](C)c1ccccc1. The Bertz CT molecular complexity index is 1920. The van der Waals surface area contributed by atoms with Crippen molar-refractivity contribution in [3.05, 3.63) is 154 Å². The van der Waals surface area contributed by atoms with Crippen LogP contribution in [0.5, 0.6) is 0 Å². The summed E-state index contributed by atoms with van der Waals surface area (Å²) in [6, 6.07) is 13.2. The molecule has 17 heteroatoms. The molecule has 0 heterocycles. The maximum atomic E-state index is 15.5. The first-order valence-corrected chi connectivity index (χ1v) is 14.2. The van der Waals surface area contributed by atoms with Gasteiger partial charge in [-0.2, -0.15) is 5.46 Å². The van der Waals surface area contributed by atoms with E-state index in [0.29, 0.717) is 12.1 Å². The third-order valence-corrected chi connectivity index (χ3v) is 8.06. The Morgan fingerprint density at radius 2 is 0.686 bits per heavy atom. The maximum Gasteiger partial charge on any atom is 0.200 e. The van der Waals surface area contributed by atoms with Gasteiger partial charge in [0.25, 0.3) is 0 Å². The van der Waals surface area contributed by atoms with Crippen molar-refractivity contribution in [2.24, 2.45) is 0 Å². The Labute approximate surface area is 278 Å². The van der Waals surface area contributed by atoms with Crippen LogP contribution in [0, 0.1) is 87.3 Å². The van der Waals surface area contributed by atoms with Gasteiger partial charge < -0.3 is 4.90 Å². The molecule has 0 unspecified atom stereocenters. The molecule has 5 aromatic rings. The molecule has 0 saturated heterocycles. The molecule has 0 saturated carbocycles. The molecular weight excluding hydrogens is 718 g/mol. The van der Waals surface area contributed by atoms with Gasteiger partial charge in [-0.15, -0.1) is 16.4 Å². The lowest BCUT2D eigenvalue weighted by molar-refractivity contribution is -0.786. The third-order valence-electron chi connectivity index (χ3n) is 8.06. The molecule has 1 nitrogen and oxygen atoms in total. The van der Waals surface area contributed by atoms with Crippen molar-refractivity contribution in [2.75, 3.05) is 14.1 Å². The van der Waals surface area contributed by atoms with E-state index in [0.717, 1.165) is 18.2 Å². The zero-order valence-electron chi connectivity index (χ0n) is 25.7. The summed E-state index contributed by atoms with van der Waals surface area (Å²) in [4.78, 5) is 1.37. The topological polar surface area (TPSA) is 4.44 Å². The van der Waals surface area contributed by atoms with E-state index in [9.17, 15) is 39.5 Å². The second-order valence-corrected chi connectivity index (χ2v) is 11.0. The van der Waals surface area contributed by atoms with Gasteiger partial charge in [-0.05, 0) is 12.1 Å². The summed E-state index contributed by atoms with van der Waals surface area (Å²) in [5.74, 6) is -45.8. The standard InChI is InChI=1S/C26H7BF15.C8H11N/c1-2-7-5-3-4-6-8(7)27(9-12(28)18(34)24(40)19(35)13(9)29,10-14(30)20(36)25(41)21(37)15(10)31)11-16(32)22(38)26(42)23(39)17(11)33;1-9(2)8-6-4-3-5-7-8/h2-6H,1H2;3-7H,1-2H3/q-1;/p+1. The molecular formula is C34H19BF15N. The number of rotatable bonds is 6. The van der Waals surface area contributed by atoms with Crippen molar-refractivity contribution in [1.82, 2.24) is 0 Å². The quantitative estimate of drug-likeness (QED) is 0.0910. The van der Waals surface area contributed by atoms with E-state index in [1.807, 2.05) is 6.07 Å². The lowest BCUT2D eigenvalue weighted by atomic mass is 9.12. The number of nitrogens with one attached hydrogen (secondary N) is 1. The highest BCUT2D eigenvalue weighted by Gasteiger charge is 2.49. The Balaban J connectivity index is 0.000000563. The molecule has 268 valence electrons. The van der Waals surface area contributed by atoms with Crippen molar-refractivity contribution in [1.29, 1.82) is 0 Å². The number of hydrogen-bond acceptors (Lipinski definition) is 0. The molecule has 0 aliphatic heterocycles. The van der Waals surface area contributed by atoms with Gasteiger partial charge in [-0.25, -0.2) is 65.9 Å². The summed E-state index contributed by atoms with van der Waals surface area (Å²) < 4.78 is 223. The van der Waals surface area contributed by atoms with Crippen LogP contribution in [0.25, 0.3) is 6.08 Å². The molecule has 0 spiro atoms. The second-order valence-electron chi connectivity index (χ2n) is 11.0. The van der Waals surface area contributed by atoms with Crippen molar-refractivity contribution in [3.63, 3.8) is 0 Å². The minimum atomic E-state index is -5.82. The van der Waals surface area contributed by atoms with Crippen molar-refractivity contribution in [3.8, 4) is 0 Å². The highest BCUT2D eigenvalue weighted by Crippen LogP contribution is 2.29. The van der Waals surface area contributed by atoms with Crippen LogP contribution in [0.3, 0.4) is 0 Å². The first-order chi connectivity index (χ1) is 23.9. The van der Waals surface area contributed by atoms with Crippen LogP contribution >= 0.6 is 0 Å². The van der Waals surface area contributed by atoms with Crippen LogP contribution < -0.4 is 26.8 Å². The largest absolute Gasteiger partial charge is 0.307 e. The Morgan fingerprint density at radius 1 is 0.412 bits per heavy atom. The summed E-state index contributed by atoms with van der Waals surface area (Å²) in [6.45, 7) is 3.19. The van der Waals surface area contributed by atoms with E-state index in [2.05, 4.69) is 44.9 Å².